The molecule has 0 aliphatic rings. The van der Waals surface area contributed by atoms with E-state index in [9.17, 15) is 0 Å². The van der Waals surface area contributed by atoms with Gasteiger partial charge in [0.25, 0.3) is 0 Å². The summed E-state index contributed by atoms with van der Waals surface area (Å²) in [7, 11) is 5.26. The molecular weight excluding hydrogens is 430 g/mol. The summed E-state index contributed by atoms with van der Waals surface area (Å²) in [6, 6.07) is 0. The molecule has 0 nitrogen and oxygen atoms in total. The predicted molar refractivity (Wildman–Crippen MR) is 37.7 cm³/mol. The molecule has 5 heavy (non-hydrogen) atoms. The summed E-state index contributed by atoms with van der Waals surface area (Å²) in [4.78, 5) is 0. The second-order valence-corrected chi connectivity index (χ2v) is 21.1. The van der Waals surface area contributed by atoms with Crippen LogP contribution >= 0.6 is 48.5 Å². The Hall–Kier alpha value is 2.72. The maximum atomic E-state index is 5.26. The van der Waals surface area contributed by atoms with E-state index in [1.807, 2.05) is 0 Å². The van der Waals surface area contributed by atoms with Gasteiger partial charge in [-0.1, -0.05) is 0 Å². The maximum Gasteiger partial charge on any atom is 0 e. The first kappa shape index (κ1) is 10.7. The van der Waals surface area contributed by atoms with Gasteiger partial charge in [-0.2, -0.15) is 0 Å². The van der Waals surface area contributed by atoms with E-state index >= 15 is 0 Å². The minimum Gasteiger partial charge on any atom is 0 e. The van der Waals surface area contributed by atoms with E-state index in [1.54, 1.807) is 0 Å². The summed E-state index contributed by atoms with van der Waals surface area (Å²) in [6.45, 7) is 0. The topological polar surface area (TPSA) is 0 Å². The molecule has 0 heterocycles. The van der Waals surface area contributed by atoms with Gasteiger partial charge in [0.2, 0.25) is 0 Å². The Bertz CT molecular complexity index is 14.4. The summed E-state index contributed by atoms with van der Waals surface area (Å²) in [6.07, 6.45) is 0. The molecule has 0 aromatic heterocycles. The molecule has 0 fully saturated rings. The van der Waals surface area contributed by atoms with Gasteiger partial charge in [-0.05, 0) is 0 Å². The van der Waals surface area contributed by atoms with Crippen LogP contribution in [0.1, 0.15) is 0 Å². The molecule has 0 amide bonds. The number of halogens is 4. The molecular formula is AgBr2ClI. The van der Waals surface area contributed by atoms with Crippen LogP contribution in [0.2, 0.25) is 0 Å². The van der Waals surface area contributed by atoms with Crippen LogP contribution in [-0.2, 0) is 22.4 Å². The molecule has 0 bridgehead atoms. The number of rotatable bonds is 0. The minimum atomic E-state index is -1.17. The molecule has 0 aromatic rings. The fourth-order valence-corrected chi connectivity index (χ4v) is 0. The van der Waals surface area contributed by atoms with Crippen LogP contribution in [-0.4, -0.2) is 0 Å². The molecule has 0 spiro atoms. The molecule has 0 aliphatic carbocycles. The van der Waals surface area contributed by atoms with Gasteiger partial charge in [-0.3, -0.25) is 0 Å². The van der Waals surface area contributed by atoms with Crippen molar-refractivity contribution >= 4 is 48.5 Å². The first-order valence-corrected chi connectivity index (χ1v) is 12.8. The van der Waals surface area contributed by atoms with E-state index in [0.29, 0.717) is 0 Å². The van der Waals surface area contributed by atoms with Crippen LogP contribution in [0.25, 0.3) is 0 Å². The third-order valence-electron chi connectivity index (χ3n) is 0. The number of hydrogen-bond donors (Lipinski definition) is 0. The first-order valence-electron chi connectivity index (χ1n) is 0.429. The van der Waals surface area contributed by atoms with Gasteiger partial charge in [0.15, 0.2) is 0 Å². The summed E-state index contributed by atoms with van der Waals surface area (Å²) in [5, 5.41) is 0. The largest absolute Gasteiger partial charge is 0 e. The fraction of sp³-hybridized carbons (Fsp3) is 0. The molecule has 0 saturated carbocycles. The minimum absolute atomic E-state index is 0. The zero-order chi connectivity index (χ0) is 3.58. The average Bonchev–Trinajstić information content (AvgIpc) is 0.811. The normalized spacial score (nSPS) is 9.00. The van der Waals surface area contributed by atoms with E-state index < -0.39 is 14.2 Å². The molecule has 0 aliphatic heterocycles. The summed E-state index contributed by atoms with van der Waals surface area (Å²) in [5.41, 5.74) is 0. The summed E-state index contributed by atoms with van der Waals surface area (Å²) >= 11 is 5.05. The Balaban J connectivity index is 0. The second kappa shape index (κ2) is 6.72. The van der Waals surface area contributed by atoms with E-state index in [1.165, 1.54) is 0 Å². The van der Waals surface area contributed by atoms with Crippen molar-refractivity contribution in [2.45, 2.75) is 0 Å². The molecule has 39 valence electrons. The van der Waals surface area contributed by atoms with Crippen molar-refractivity contribution < 1.29 is 22.4 Å². The van der Waals surface area contributed by atoms with Gasteiger partial charge in [0.1, 0.15) is 0 Å². The van der Waals surface area contributed by atoms with Gasteiger partial charge in [-0.25, -0.2) is 0 Å². The zero-order valence-electron chi connectivity index (χ0n) is 1.81. The molecule has 0 aromatic carbocycles. The Labute approximate surface area is 69.5 Å². The fourth-order valence-electron chi connectivity index (χ4n) is 0. The van der Waals surface area contributed by atoms with Crippen molar-refractivity contribution in [3.8, 4) is 0 Å². The van der Waals surface area contributed by atoms with E-state index in [4.69, 9.17) is 8.91 Å². The molecule has 0 N–H and O–H groups in total. The van der Waals surface area contributed by atoms with Crippen molar-refractivity contribution in [3.05, 3.63) is 0 Å². The van der Waals surface area contributed by atoms with Crippen LogP contribution in [0.5, 0.6) is 0 Å². The van der Waals surface area contributed by atoms with Gasteiger partial charge < -0.3 is 0 Å². The molecule has 5 heteroatoms. The van der Waals surface area contributed by atoms with Crippen LogP contribution < -0.4 is 0 Å². The van der Waals surface area contributed by atoms with Crippen LogP contribution in [0.3, 0.4) is 0 Å². The Kier molecular flexibility index (Phi) is 14.3. The summed E-state index contributed by atoms with van der Waals surface area (Å²) < 4.78 is 0. The molecule has 0 unspecified atom stereocenters. The van der Waals surface area contributed by atoms with Gasteiger partial charge in [-0.15, -0.1) is 0 Å². The second-order valence-electron chi connectivity index (χ2n) is 0.162. The van der Waals surface area contributed by atoms with Crippen LogP contribution in [0.15, 0.2) is 0 Å². The third kappa shape index (κ3) is 20.2. The Morgan fingerprint density at radius 3 is 1.40 bits per heavy atom. The Morgan fingerprint density at radius 2 is 1.40 bits per heavy atom. The van der Waals surface area contributed by atoms with Crippen molar-refractivity contribution in [2.24, 2.45) is 0 Å². The summed E-state index contributed by atoms with van der Waals surface area (Å²) in [5.74, 6) is 0. The SMILES string of the molecule is ClI(Br)Br.[Ag]. The van der Waals surface area contributed by atoms with E-state index in [0.717, 1.165) is 0 Å². The molecule has 0 atom stereocenters. The maximum absolute atomic E-state index is 5.26. The smallest absolute Gasteiger partial charge is 0 e. The third-order valence-corrected chi connectivity index (χ3v) is 0. The van der Waals surface area contributed by atoms with Crippen LogP contribution in [0, 0.1) is 0 Å². The monoisotopic (exact) mass is 427 g/mol. The van der Waals surface area contributed by atoms with Crippen molar-refractivity contribution in [2.75, 3.05) is 0 Å². The zero-order valence-corrected chi connectivity index (χ0v) is 9.38. The number of hydrogen-bond acceptors (Lipinski definition) is 0. The van der Waals surface area contributed by atoms with Gasteiger partial charge >= 0.3 is 48.5 Å². The van der Waals surface area contributed by atoms with E-state index in [-0.39, 0.29) is 22.4 Å². The molecule has 0 saturated heterocycles. The first-order chi connectivity index (χ1) is 1.73. The van der Waals surface area contributed by atoms with Crippen molar-refractivity contribution in [3.63, 3.8) is 0 Å². The standard InChI is InChI=1S/Ag.Br2ClI/c;1-4(2)3. The molecule has 0 rings (SSSR count). The quantitative estimate of drug-likeness (QED) is 0.409. The predicted octanol–water partition coefficient (Wildman–Crippen LogP) is 3.26. The van der Waals surface area contributed by atoms with Gasteiger partial charge in [0.05, 0.1) is 0 Å². The van der Waals surface area contributed by atoms with Gasteiger partial charge in [0, 0.05) is 22.4 Å². The van der Waals surface area contributed by atoms with Crippen molar-refractivity contribution in [1.82, 2.24) is 0 Å². The van der Waals surface area contributed by atoms with Crippen LogP contribution in [0.4, 0.5) is 0 Å². The van der Waals surface area contributed by atoms with E-state index in [2.05, 4.69) is 25.4 Å². The molecule has 1 radical (unpaired) electrons. The Morgan fingerprint density at radius 1 is 1.40 bits per heavy atom. The average molecular weight is 430 g/mol. The van der Waals surface area contributed by atoms with Crippen molar-refractivity contribution in [1.29, 1.82) is 0 Å².